The molecule has 0 saturated heterocycles. The normalized spacial score (nSPS) is 17.5. The molecule has 0 atom stereocenters. The Balaban J connectivity index is 1.55. The topological polar surface area (TPSA) is 54.5 Å². The van der Waals surface area contributed by atoms with Crippen LogP contribution >= 0.6 is 22.9 Å². The van der Waals surface area contributed by atoms with Gasteiger partial charge in [0.1, 0.15) is 22.3 Å². The number of hydrogen-bond donors (Lipinski definition) is 1. The number of carbonyl (C=O) groups excluding carboxylic acids is 1. The number of hydrogen-bond acceptors (Lipinski definition) is 5. The van der Waals surface area contributed by atoms with E-state index in [-0.39, 0.29) is 28.9 Å². The first kappa shape index (κ1) is 26.5. The summed E-state index contributed by atoms with van der Waals surface area (Å²) in [6.07, 6.45) is 6.28. The van der Waals surface area contributed by atoms with Gasteiger partial charge in [-0.05, 0) is 68.6 Å². The van der Waals surface area contributed by atoms with Crippen molar-refractivity contribution in [1.82, 2.24) is 15.2 Å². The lowest BCUT2D eigenvalue weighted by Crippen LogP contribution is -2.44. The fourth-order valence-electron chi connectivity index (χ4n) is 5.22. The molecule has 0 aliphatic heterocycles. The van der Waals surface area contributed by atoms with E-state index in [1.165, 1.54) is 23.5 Å². The molecular formula is C29H28ClF2N3O2S. The van der Waals surface area contributed by atoms with Gasteiger partial charge in [-0.15, -0.1) is 11.3 Å². The Morgan fingerprint density at radius 1 is 1.13 bits per heavy atom. The number of nitrogens with zero attached hydrogens (tertiary/aromatic N) is 2. The third-order valence-electron chi connectivity index (χ3n) is 7.27. The highest BCUT2D eigenvalue weighted by atomic mass is 35.5. The van der Waals surface area contributed by atoms with Crippen LogP contribution in [-0.2, 0) is 6.54 Å². The zero-order valence-corrected chi connectivity index (χ0v) is 22.7. The summed E-state index contributed by atoms with van der Waals surface area (Å²) < 4.78 is 34.7. The number of carbonyl (C=O) groups is 1. The Hall–Kier alpha value is -3.07. The van der Waals surface area contributed by atoms with E-state index in [4.69, 9.17) is 16.3 Å². The van der Waals surface area contributed by atoms with Crippen LogP contribution in [0.3, 0.4) is 0 Å². The predicted molar refractivity (Wildman–Crippen MR) is 148 cm³/mol. The van der Waals surface area contributed by atoms with Crippen molar-refractivity contribution in [3.63, 3.8) is 0 Å². The molecule has 1 fully saturated rings. The number of aromatic nitrogens is 1. The number of fused-ring (bicyclic) bond motifs is 1. The van der Waals surface area contributed by atoms with Gasteiger partial charge in [-0.2, -0.15) is 0 Å². The summed E-state index contributed by atoms with van der Waals surface area (Å²) in [5.41, 5.74) is 2.17. The zero-order valence-electron chi connectivity index (χ0n) is 21.1. The lowest BCUT2D eigenvalue weighted by Gasteiger charge is -2.37. The first-order valence-electron chi connectivity index (χ1n) is 12.5. The molecule has 1 amide bonds. The van der Waals surface area contributed by atoms with E-state index < -0.39 is 11.6 Å². The van der Waals surface area contributed by atoms with Crippen LogP contribution < -0.4 is 10.1 Å². The Morgan fingerprint density at radius 3 is 2.61 bits per heavy atom. The molecule has 5 rings (SSSR count). The summed E-state index contributed by atoms with van der Waals surface area (Å²) in [4.78, 5) is 20.2. The van der Waals surface area contributed by atoms with Gasteiger partial charge >= 0.3 is 0 Å². The Morgan fingerprint density at radius 2 is 1.92 bits per heavy atom. The van der Waals surface area contributed by atoms with E-state index in [1.54, 1.807) is 25.4 Å². The third kappa shape index (κ3) is 5.25. The van der Waals surface area contributed by atoms with Crippen molar-refractivity contribution >= 4 is 38.9 Å². The molecule has 1 aliphatic carbocycles. The van der Waals surface area contributed by atoms with Crippen molar-refractivity contribution in [3.05, 3.63) is 82.0 Å². The highest BCUT2D eigenvalue weighted by molar-refractivity contribution is 7.21. The lowest BCUT2D eigenvalue weighted by molar-refractivity contribution is 0.0604. The maximum atomic E-state index is 14.6. The van der Waals surface area contributed by atoms with Gasteiger partial charge in [0.2, 0.25) is 0 Å². The van der Waals surface area contributed by atoms with Crippen molar-refractivity contribution in [3.8, 4) is 16.9 Å². The molecule has 2 heterocycles. The van der Waals surface area contributed by atoms with Gasteiger partial charge in [0.15, 0.2) is 0 Å². The number of thiophene rings is 1. The summed E-state index contributed by atoms with van der Waals surface area (Å²) in [5, 5.41) is 3.76. The summed E-state index contributed by atoms with van der Waals surface area (Å²) in [6, 6.07) is 12.1. The van der Waals surface area contributed by atoms with E-state index in [2.05, 4.69) is 10.3 Å². The minimum atomic E-state index is -0.443. The van der Waals surface area contributed by atoms with Crippen LogP contribution in [0.1, 0.15) is 40.9 Å². The Bertz CT molecular complexity index is 1470. The highest BCUT2D eigenvalue weighted by Crippen LogP contribution is 2.39. The largest absolute Gasteiger partial charge is 0.496 e. The maximum Gasteiger partial charge on any atom is 0.266 e. The average molecular weight is 556 g/mol. The van der Waals surface area contributed by atoms with Gasteiger partial charge in [0, 0.05) is 46.0 Å². The van der Waals surface area contributed by atoms with Crippen LogP contribution in [0.2, 0.25) is 5.02 Å². The first-order valence-corrected chi connectivity index (χ1v) is 13.7. The summed E-state index contributed by atoms with van der Waals surface area (Å²) in [7, 11) is 3.54. The van der Waals surface area contributed by atoms with Crippen LogP contribution in [-0.4, -0.2) is 42.0 Å². The molecule has 0 spiro atoms. The molecule has 2 aromatic heterocycles. The molecule has 0 radical (unpaired) electrons. The number of nitrogens with one attached hydrogen (secondary N) is 1. The molecule has 5 nitrogen and oxygen atoms in total. The first-order chi connectivity index (χ1) is 18.4. The van der Waals surface area contributed by atoms with Crippen LogP contribution in [0, 0.1) is 11.6 Å². The lowest BCUT2D eigenvalue weighted by atomic mass is 9.89. The van der Waals surface area contributed by atoms with Crippen LogP contribution in [0.15, 0.2) is 54.9 Å². The number of pyridine rings is 1. The van der Waals surface area contributed by atoms with E-state index in [1.807, 2.05) is 30.1 Å². The third-order valence-corrected chi connectivity index (χ3v) is 8.90. The van der Waals surface area contributed by atoms with Gasteiger partial charge in [-0.1, -0.05) is 23.7 Å². The SMILES string of the molecule is CN[C@H]1CC[C@@H](N(Cc2cc(-c3cncc(F)c3)ccc2OC)C(=O)c2sc3cccc(F)c3c2Cl)CC1. The number of methoxy groups -OCH3 is 1. The van der Waals surface area contributed by atoms with Crippen LogP contribution in [0.5, 0.6) is 5.75 Å². The van der Waals surface area contributed by atoms with Gasteiger partial charge < -0.3 is 15.0 Å². The number of halogens is 3. The summed E-state index contributed by atoms with van der Waals surface area (Å²) in [5.74, 6) is -0.483. The van der Waals surface area contributed by atoms with Crippen molar-refractivity contribution in [2.24, 2.45) is 0 Å². The smallest absolute Gasteiger partial charge is 0.266 e. The van der Waals surface area contributed by atoms with Gasteiger partial charge in [-0.25, -0.2) is 8.78 Å². The van der Waals surface area contributed by atoms with E-state index in [9.17, 15) is 13.6 Å². The quantitative estimate of drug-likeness (QED) is 0.265. The highest BCUT2D eigenvalue weighted by Gasteiger charge is 2.32. The molecule has 2 aromatic carbocycles. The van der Waals surface area contributed by atoms with Gasteiger partial charge in [0.05, 0.1) is 18.3 Å². The monoisotopic (exact) mass is 555 g/mol. The van der Waals surface area contributed by atoms with Crippen molar-refractivity contribution < 1.29 is 18.3 Å². The van der Waals surface area contributed by atoms with Crippen LogP contribution in [0.25, 0.3) is 21.2 Å². The fourth-order valence-corrected chi connectivity index (χ4v) is 6.73. The van der Waals surface area contributed by atoms with E-state index in [0.29, 0.717) is 26.9 Å². The second-order valence-corrected chi connectivity index (χ2v) is 10.9. The fraction of sp³-hybridized carbons (Fsp3) is 0.310. The Kier molecular flexibility index (Phi) is 7.93. The minimum absolute atomic E-state index is 0.0255. The van der Waals surface area contributed by atoms with Crippen LogP contribution in [0.4, 0.5) is 8.78 Å². The summed E-state index contributed by atoms with van der Waals surface area (Å²) in [6.45, 7) is 0.264. The number of benzene rings is 2. The Labute approximate surface area is 229 Å². The zero-order chi connectivity index (χ0) is 26.8. The molecule has 9 heteroatoms. The van der Waals surface area contributed by atoms with Crippen molar-refractivity contribution in [1.29, 1.82) is 0 Å². The summed E-state index contributed by atoms with van der Waals surface area (Å²) >= 11 is 7.82. The molecule has 1 N–H and O–H groups in total. The second-order valence-electron chi connectivity index (χ2n) is 9.50. The molecular weight excluding hydrogens is 528 g/mol. The number of ether oxygens (including phenoxy) is 1. The van der Waals surface area contributed by atoms with Crippen molar-refractivity contribution in [2.45, 2.75) is 44.3 Å². The van der Waals surface area contributed by atoms with Gasteiger partial charge in [0.25, 0.3) is 5.91 Å². The number of rotatable bonds is 7. The standard InChI is InChI=1S/C29H28ClF2N3O2S/c1-33-21-7-9-22(10-8-21)35(29(36)28-27(30)26-23(32)4-3-5-25(26)38-28)16-19-12-17(6-11-24(19)37-2)18-13-20(31)15-34-14-18/h3-6,11-15,21-22,33H,7-10,16H2,1-2H3/t21-,22+. The average Bonchev–Trinajstić information content (AvgIpc) is 3.28. The molecule has 1 saturated carbocycles. The molecule has 1 aliphatic rings. The molecule has 38 heavy (non-hydrogen) atoms. The molecule has 0 bridgehead atoms. The molecule has 0 unspecified atom stereocenters. The molecule has 4 aromatic rings. The van der Waals surface area contributed by atoms with E-state index >= 15 is 0 Å². The van der Waals surface area contributed by atoms with Crippen molar-refractivity contribution in [2.75, 3.05) is 14.2 Å². The minimum Gasteiger partial charge on any atom is -0.496 e. The maximum absolute atomic E-state index is 14.6. The number of amides is 1. The predicted octanol–water partition coefficient (Wildman–Crippen LogP) is 7.08. The van der Waals surface area contributed by atoms with E-state index in [0.717, 1.165) is 43.0 Å². The molecule has 198 valence electrons. The van der Waals surface area contributed by atoms with Gasteiger partial charge in [-0.3, -0.25) is 9.78 Å². The second kappa shape index (κ2) is 11.4.